The van der Waals surface area contributed by atoms with Crippen molar-refractivity contribution >= 4 is 44.9 Å². The van der Waals surface area contributed by atoms with E-state index < -0.39 is 0 Å². The Kier molecular flexibility index (Phi) is 6.89. The molecule has 0 bridgehead atoms. The summed E-state index contributed by atoms with van der Waals surface area (Å²) in [6, 6.07) is 5.60. The van der Waals surface area contributed by atoms with Gasteiger partial charge in [-0.25, -0.2) is 0 Å². The first kappa shape index (κ1) is 19.0. The third-order valence-electron chi connectivity index (χ3n) is 3.55. The number of rotatable bonds is 7. The zero-order chi connectivity index (χ0) is 17.7. The molecule has 2 amide bonds. The Balaban J connectivity index is 2.15. The fourth-order valence-corrected chi connectivity index (χ4v) is 3.38. The molecule has 0 aromatic heterocycles. The minimum Gasteiger partial charge on any atom is -0.490 e. The van der Waals surface area contributed by atoms with Crippen molar-refractivity contribution in [3.63, 3.8) is 0 Å². The topological polar surface area (TPSA) is 55.8 Å². The molecule has 0 N–H and O–H groups in total. The molecular formula is C17H20BrNO4S. The fraction of sp³-hybridized carbons (Fsp3) is 0.412. The number of benzene rings is 1. The first-order valence-corrected chi connectivity index (χ1v) is 9.27. The van der Waals surface area contributed by atoms with E-state index in [9.17, 15) is 9.59 Å². The second-order valence-corrected chi connectivity index (χ2v) is 7.20. The maximum Gasteiger partial charge on any atom is 0.293 e. The summed E-state index contributed by atoms with van der Waals surface area (Å²) >= 11 is 4.44. The smallest absolute Gasteiger partial charge is 0.293 e. The maximum absolute atomic E-state index is 12.3. The van der Waals surface area contributed by atoms with Crippen molar-refractivity contribution in [3.8, 4) is 5.75 Å². The Morgan fingerprint density at radius 2 is 2.12 bits per heavy atom. The van der Waals surface area contributed by atoms with Gasteiger partial charge in [-0.15, -0.1) is 0 Å². The number of halogens is 1. The lowest BCUT2D eigenvalue weighted by Crippen LogP contribution is -2.31. The van der Waals surface area contributed by atoms with Gasteiger partial charge < -0.3 is 9.47 Å². The third-order valence-corrected chi connectivity index (χ3v) is 5.08. The van der Waals surface area contributed by atoms with E-state index in [1.165, 1.54) is 12.0 Å². The SMILES string of the molecule is CC[C@@H](C)Oc1ccc(/C=C2/SC(=O)N(CCOC)C2=O)cc1Br. The Bertz CT molecular complexity index is 662. The molecule has 2 rings (SSSR count). The minimum absolute atomic E-state index is 0.129. The van der Waals surface area contributed by atoms with Crippen LogP contribution in [-0.4, -0.2) is 42.4 Å². The molecule has 5 nitrogen and oxygen atoms in total. The zero-order valence-corrected chi connectivity index (χ0v) is 16.3. The quantitative estimate of drug-likeness (QED) is 0.623. The highest BCUT2D eigenvalue weighted by atomic mass is 79.9. The van der Waals surface area contributed by atoms with Crippen LogP contribution in [0.25, 0.3) is 6.08 Å². The van der Waals surface area contributed by atoms with Crippen LogP contribution in [0.1, 0.15) is 25.8 Å². The second-order valence-electron chi connectivity index (χ2n) is 5.35. The summed E-state index contributed by atoms with van der Waals surface area (Å²) in [6.45, 7) is 4.67. The number of ether oxygens (including phenoxy) is 2. The van der Waals surface area contributed by atoms with Crippen LogP contribution in [0.2, 0.25) is 0 Å². The highest BCUT2D eigenvalue weighted by Crippen LogP contribution is 2.34. The number of imide groups is 1. The molecule has 0 radical (unpaired) electrons. The van der Waals surface area contributed by atoms with Crippen molar-refractivity contribution < 1.29 is 19.1 Å². The van der Waals surface area contributed by atoms with Crippen LogP contribution in [-0.2, 0) is 9.53 Å². The van der Waals surface area contributed by atoms with E-state index in [0.29, 0.717) is 11.5 Å². The molecule has 1 atom stereocenters. The van der Waals surface area contributed by atoms with Gasteiger partial charge in [0.15, 0.2) is 0 Å². The third kappa shape index (κ3) is 4.62. The van der Waals surface area contributed by atoms with Crippen molar-refractivity contribution in [2.24, 2.45) is 0 Å². The fourth-order valence-electron chi connectivity index (χ4n) is 2.03. The van der Waals surface area contributed by atoms with Gasteiger partial charge in [0.05, 0.1) is 28.6 Å². The number of amides is 2. The number of hydrogen-bond donors (Lipinski definition) is 0. The lowest BCUT2D eigenvalue weighted by Gasteiger charge is -2.14. The van der Waals surface area contributed by atoms with Crippen LogP contribution in [0.15, 0.2) is 27.6 Å². The first-order chi connectivity index (χ1) is 11.5. The average Bonchev–Trinajstić information content (AvgIpc) is 2.81. The highest BCUT2D eigenvalue weighted by molar-refractivity contribution is 9.10. The molecule has 0 unspecified atom stereocenters. The van der Waals surface area contributed by atoms with Crippen LogP contribution in [0.4, 0.5) is 4.79 Å². The van der Waals surface area contributed by atoms with Crippen LogP contribution >= 0.6 is 27.7 Å². The van der Waals surface area contributed by atoms with Crippen LogP contribution in [0.3, 0.4) is 0 Å². The number of methoxy groups -OCH3 is 1. The van der Waals surface area contributed by atoms with Crippen molar-refractivity contribution in [3.05, 3.63) is 33.1 Å². The van der Waals surface area contributed by atoms with Crippen LogP contribution < -0.4 is 4.74 Å². The van der Waals surface area contributed by atoms with Gasteiger partial charge >= 0.3 is 0 Å². The van der Waals surface area contributed by atoms with E-state index in [1.54, 1.807) is 6.08 Å². The molecule has 1 aromatic carbocycles. The molecule has 0 aliphatic carbocycles. The minimum atomic E-state index is -0.280. The predicted molar refractivity (Wildman–Crippen MR) is 99.1 cm³/mol. The maximum atomic E-state index is 12.3. The van der Waals surface area contributed by atoms with Gasteiger partial charge in [-0.2, -0.15) is 0 Å². The summed E-state index contributed by atoms with van der Waals surface area (Å²) in [5.74, 6) is 0.479. The molecule has 1 heterocycles. The van der Waals surface area contributed by atoms with Gasteiger partial charge in [0.2, 0.25) is 0 Å². The molecule has 1 fully saturated rings. The standard InChI is InChI=1S/C17H20BrNO4S/c1-4-11(2)23-14-6-5-12(9-13(14)18)10-15-16(20)19(7-8-22-3)17(21)24-15/h5-6,9-11H,4,7-8H2,1-3H3/b15-10+/t11-/m1/s1. The van der Waals surface area contributed by atoms with Gasteiger partial charge in [0, 0.05) is 7.11 Å². The van der Waals surface area contributed by atoms with E-state index in [0.717, 1.165) is 34.0 Å². The normalized spacial score (nSPS) is 17.7. The van der Waals surface area contributed by atoms with E-state index in [1.807, 2.05) is 25.1 Å². The van der Waals surface area contributed by atoms with E-state index in [-0.39, 0.29) is 23.8 Å². The number of thioether (sulfide) groups is 1. The first-order valence-electron chi connectivity index (χ1n) is 7.66. The summed E-state index contributed by atoms with van der Waals surface area (Å²) < 4.78 is 11.5. The van der Waals surface area contributed by atoms with E-state index in [4.69, 9.17) is 9.47 Å². The lowest BCUT2D eigenvalue weighted by molar-refractivity contribution is -0.123. The van der Waals surface area contributed by atoms with Crippen molar-refractivity contribution in [1.29, 1.82) is 0 Å². The molecule has 7 heteroatoms. The van der Waals surface area contributed by atoms with Gasteiger partial charge in [-0.3, -0.25) is 14.5 Å². The summed E-state index contributed by atoms with van der Waals surface area (Å²) in [4.78, 5) is 25.8. The van der Waals surface area contributed by atoms with Crippen molar-refractivity contribution in [2.45, 2.75) is 26.4 Å². The molecule has 24 heavy (non-hydrogen) atoms. The Morgan fingerprint density at radius 3 is 2.75 bits per heavy atom. The Hall–Kier alpha value is -1.31. The molecule has 130 valence electrons. The molecule has 1 aliphatic heterocycles. The summed E-state index contributed by atoms with van der Waals surface area (Å²) in [7, 11) is 1.54. The van der Waals surface area contributed by atoms with E-state index >= 15 is 0 Å². The Labute approximate surface area is 154 Å². The van der Waals surface area contributed by atoms with Gasteiger partial charge in [-0.05, 0) is 64.8 Å². The molecule has 0 spiro atoms. The molecule has 0 saturated carbocycles. The number of hydrogen-bond acceptors (Lipinski definition) is 5. The lowest BCUT2D eigenvalue weighted by atomic mass is 10.2. The summed E-state index contributed by atoms with van der Waals surface area (Å²) in [5, 5.41) is -0.265. The van der Waals surface area contributed by atoms with Gasteiger partial charge in [0.1, 0.15) is 5.75 Å². The number of nitrogens with zero attached hydrogens (tertiary/aromatic N) is 1. The molecular weight excluding hydrogens is 394 g/mol. The zero-order valence-electron chi connectivity index (χ0n) is 13.9. The highest BCUT2D eigenvalue weighted by Gasteiger charge is 2.34. The van der Waals surface area contributed by atoms with Crippen molar-refractivity contribution in [2.75, 3.05) is 20.3 Å². The number of carbonyl (C=O) groups is 2. The van der Waals surface area contributed by atoms with E-state index in [2.05, 4.69) is 22.9 Å². The van der Waals surface area contributed by atoms with Gasteiger partial charge in [0.25, 0.3) is 11.1 Å². The average molecular weight is 414 g/mol. The van der Waals surface area contributed by atoms with Gasteiger partial charge in [-0.1, -0.05) is 13.0 Å². The largest absolute Gasteiger partial charge is 0.490 e. The summed E-state index contributed by atoms with van der Waals surface area (Å²) in [5.41, 5.74) is 0.829. The predicted octanol–water partition coefficient (Wildman–Crippen LogP) is 4.31. The second kappa shape index (κ2) is 8.69. The van der Waals surface area contributed by atoms with Crippen LogP contribution in [0, 0.1) is 0 Å². The van der Waals surface area contributed by atoms with Crippen LogP contribution in [0.5, 0.6) is 5.75 Å². The molecule has 1 aromatic rings. The molecule has 1 aliphatic rings. The number of carbonyl (C=O) groups excluding carboxylic acids is 2. The Morgan fingerprint density at radius 1 is 1.38 bits per heavy atom. The summed E-state index contributed by atoms with van der Waals surface area (Å²) in [6.07, 6.45) is 2.77. The monoisotopic (exact) mass is 413 g/mol. The van der Waals surface area contributed by atoms with Crippen molar-refractivity contribution in [1.82, 2.24) is 4.90 Å². The molecule has 1 saturated heterocycles.